The third kappa shape index (κ3) is 2.20. The van der Waals surface area contributed by atoms with Crippen LogP contribution >= 0.6 is 0 Å². The molecule has 1 N–H and O–H groups in total. The van der Waals surface area contributed by atoms with Crippen LogP contribution < -0.4 is 0 Å². The van der Waals surface area contributed by atoms with Gasteiger partial charge in [0.05, 0.1) is 6.42 Å². The van der Waals surface area contributed by atoms with E-state index < -0.39 is 5.97 Å². The average Bonchev–Trinajstić information content (AvgIpc) is 2.56. The van der Waals surface area contributed by atoms with Gasteiger partial charge in [-0.25, -0.2) is 0 Å². The van der Waals surface area contributed by atoms with E-state index in [9.17, 15) is 9.59 Å². The van der Waals surface area contributed by atoms with E-state index in [0.29, 0.717) is 19.0 Å². The largest absolute Gasteiger partial charge is 0.481 e. The Kier molecular flexibility index (Phi) is 3.17. The Labute approximate surface area is 95.6 Å². The number of carboxylic acid groups (broad SMARTS) is 1. The van der Waals surface area contributed by atoms with Gasteiger partial charge in [0, 0.05) is 24.9 Å². The number of likely N-dealkylation sites (tertiary alicyclic amines) is 1. The second-order valence-corrected chi connectivity index (χ2v) is 5.22. The molecule has 1 heterocycles. The number of rotatable bonds is 3. The molecular weight excluding hydrogens is 206 g/mol. The van der Waals surface area contributed by atoms with Crippen molar-refractivity contribution in [1.82, 2.24) is 4.90 Å². The summed E-state index contributed by atoms with van der Waals surface area (Å²) in [7, 11) is 0. The molecule has 2 fully saturated rings. The summed E-state index contributed by atoms with van der Waals surface area (Å²) in [6.45, 7) is 3.44. The van der Waals surface area contributed by atoms with Crippen molar-refractivity contribution >= 4 is 11.9 Å². The first-order valence-electron chi connectivity index (χ1n) is 6.08. The Morgan fingerprint density at radius 2 is 2.00 bits per heavy atom. The minimum atomic E-state index is -0.758. The lowest BCUT2D eigenvalue weighted by atomic mass is 9.91. The van der Waals surface area contributed by atoms with E-state index in [-0.39, 0.29) is 24.2 Å². The first-order valence-corrected chi connectivity index (χ1v) is 6.08. The molecule has 0 radical (unpaired) electrons. The molecule has 0 bridgehead atoms. The summed E-state index contributed by atoms with van der Waals surface area (Å²) < 4.78 is 0. The zero-order valence-corrected chi connectivity index (χ0v) is 9.69. The number of carbonyl (C=O) groups excluding carboxylic acids is 1. The van der Waals surface area contributed by atoms with Crippen LogP contribution in [-0.4, -0.2) is 35.0 Å². The minimum Gasteiger partial charge on any atom is -0.481 e. The third-order valence-corrected chi connectivity index (χ3v) is 3.91. The summed E-state index contributed by atoms with van der Waals surface area (Å²) in [5.74, 6) is 0.382. The highest BCUT2D eigenvalue weighted by atomic mass is 16.4. The van der Waals surface area contributed by atoms with E-state index in [1.54, 1.807) is 0 Å². The van der Waals surface area contributed by atoms with Gasteiger partial charge in [-0.05, 0) is 18.8 Å². The summed E-state index contributed by atoms with van der Waals surface area (Å²) in [6.07, 6.45) is 3.52. The van der Waals surface area contributed by atoms with Gasteiger partial charge in [-0.3, -0.25) is 9.59 Å². The van der Waals surface area contributed by atoms with Crippen molar-refractivity contribution in [3.63, 3.8) is 0 Å². The lowest BCUT2D eigenvalue weighted by Gasteiger charge is -2.40. The fraction of sp³-hybridized carbons (Fsp3) is 0.833. The molecule has 1 saturated carbocycles. The van der Waals surface area contributed by atoms with E-state index in [0.717, 1.165) is 19.3 Å². The number of nitrogens with zero attached hydrogens (tertiary/aromatic N) is 1. The maximum Gasteiger partial charge on any atom is 0.303 e. The van der Waals surface area contributed by atoms with Crippen molar-refractivity contribution in [3.8, 4) is 0 Å². The van der Waals surface area contributed by atoms with Crippen LogP contribution in [0.1, 0.15) is 32.6 Å². The third-order valence-electron chi connectivity index (χ3n) is 3.91. The fourth-order valence-corrected chi connectivity index (χ4v) is 2.87. The Morgan fingerprint density at radius 1 is 1.31 bits per heavy atom. The number of hydrogen-bond donors (Lipinski definition) is 1. The standard InChI is InChI=1S/C12H19NO3/c1-8-3-2-4-10(8)12(16)13-6-9(7-13)5-11(14)15/h8-10H,2-7H2,1H3,(H,14,15). The SMILES string of the molecule is CC1CCCC1C(=O)N1CC(CC(=O)O)C1. The molecule has 0 aromatic carbocycles. The Morgan fingerprint density at radius 3 is 2.50 bits per heavy atom. The summed E-state index contributed by atoms with van der Waals surface area (Å²) >= 11 is 0. The van der Waals surface area contributed by atoms with Gasteiger partial charge in [-0.15, -0.1) is 0 Å². The van der Waals surface area contributed by atoms with Gasteiger partial charge in [-0.1, -0.05) is 13.3 Å². The number of carbonyl (C=O) groups is 2. The van der Waals surface area contributed by atoms with E-state index in [4.69, 9.17) is 5.11 Å². The number of aliphatic carboxylic acids is 1. The van der Waals surface area contributed by atoms with Gasteiger partial charge in [0.25, 0.3) is 0 Å². The Balaban J connectivity index is 1.79. The highest BCUT2D eigenvalue weighted by Crippen LogP contribution is 2.34. The summed E-state index contributed by atoms with van der Waals surface area (Å²) in [4.78, 5) is 24.4. The zero-order valence-electron chi connectivity index (χ0n) is 9.69. The van der Waals surface area contributed by atoms with Crippen LogP contribution in [0.3, 0.4) is 0 Å². The van der Waals surface area contributed by atoms with Crippen molar-refractivity contribution in [2.24, 2.45) is 17.8 Å². The Hall–Kier alpha value is -1.06. The smallest absolute Gasteiger partial charge is 0.303 e. The molecule has 2 unspecified atom stereocenters. The summed E-state index contributed by atoms with van der Waals surface area (Å²) in [5.41, 5.74) is 0. The summed E-state index contributed by atoms with van der Waals surface area (Å²) in [5, 5.41) is 8.62. The van der Waals surface area contributed by atoms with E-state index >= 15 is 0 Å². The second-order valence-electron chi connectivity index (χ2n) is 5.22. The van der Waals surface area contributed by atoms with E-state index in [2.05, 4.69) is 6.92 Å². The Bertz CT molecular complexity index is 297. The van der Waals surface area contributed by atoms with Crippen molar-refractivity contribution in [3.05, 3.63) is 0 Å². The van der Waals surface area contributed by atoms with Crippen molar-refractivity contribution < 1.29 is 14.7 Å². The van der Waals surface area contributed by atoms with Crippen LogP contribution in [0.2, 0.25) is 0 Å². The molecule has 90 valence electrons. The topological polar surface area (TPSA) is 57.6 Å². The maximum absolute atomic E-state index is 12.0. The van der Waals surface area contributed by atoms with Crippen LogP contribution in [0.15, 0.2) is 0 Å². The monoisotopic (exact) mass is 225 g/mol. The molecule has 16 heavy (non-hydrogen) atoms. The van der Waals surface area contributed by atoms with E-state index in [1.807, 2.05) is 4.90 Å². The molecule has 2 atom stereocenters. The molecule has 2 rings (SSSR count). The maximum atomic E-state index is 12.0. The molecule has 0 aromatic heterocycles. The molecule has 1 aliphatic carbocycles. The molecule has 1 aliphatic heterocycles. The van der Waals surface area contributed by atoms with Crippen LogP contribution in [-0.2, 0) is 9.59 Å². The molecule has 2 aliphatic rings. The van der Waals surface area contributed by atoms with Crippen LogP contribution in [0.5, 0.6) is 0 Å². The predicted molar refractivity (Wildman–Crippen MR) is 58.8 cm³/mol. The molecule has 0 aromatic rings. The fourth-order valence-electron chi connectivity index (χ4n) is 2.87. The van der Waals surface area contributed by atoms with Crippen LogP contribution in [0.25, 0.3) is 0 Å². The minimum absolute atomic E-state index is 0.179. The predicted octanol–water partition coefficient (Wildman–Crippen LogP) is 1.36. The molecular formula is C12H19NO3. The van der Waals surface area contributed by atoms with E-state index in [1.165, 1.54) is 0 Å². The molecule has 4 nitrogen and oxygen atoms in total. The second kappa shape index (κ2) is 4.44. The molecule has 1 amide bonds. The average molecular weight is 225 g/mol. The van der Waals surface area contributed by atoms with Gasteiger partial charge in [0.15, 0.2) is 0 Å². The van der Waals surface area contributed by atoms with Crippen molar-refractivity contribution in [2.45, 2.75) is 32.6 Å². The highest BCUT2D eigenvalue weighted by Gasteiger charge is 2.38. The normalized spacial score (nSPS) is 30.2. The number of carboxylic acids is 1. The zero-order chi connectivity index (χ0) is 11.7. The van der Waals surface area contributed by atoms with Gasteiger partial charge in [0.1, 0.15) is 0 Å². The first kappa shape index (κ1) is 11.4. The van der Waals surface area contributed by atoms with Gasteiger partial charge < -0.3 is 10.0 Å². The molecule has 4 heteroatoms. The van der Waals surface area contributed by atoms with Gasteiger partial charge in [0.2, 0.25) is 5.91 Å². The van der Waals surface area contributed by atoms with Gasteiger partial charge >= 0.3 is 5.97 Å². The first-order chi connectivity index (χ1) is 7.58. The number of amides is 1. The molecule has 1 saturated heterocycles. The number of hydrogen-bond acceptors (Lipinski definition) is 2. The van der Waals surface area contributed by atoms with Crippen LogP contribution in [0, 0.1) is 17.8 Å². The summed E-state index contributed by atoms with van der Waals surface area (Å²) in [6, 6.07) is 0. The lowest BCUT2D eigenvalue weighted by molar-refractivity contribution is -0.148. The quantitative estimate of drug-likeness (QED) is 0.789. The molecule has 0 spiro atoms. The van der Waals surface area contributed by atoms with Gasteiger partial charge in [-0.2, -0.15) is 0 Å². The lowest BCUT2D eigenvalue weighted by Crippen LogP contribution is -2.52. The highest BCUT2D eigenvalue weighted by molar-refractivity contribution is 5.80. The van der Waals surface area contributed by atoms with Crippen LogP contribution in [0.4, 0.5) is 0 Å². The van der Waals surface area contributed by atoms with Crippen molar-refractivity contribution in [1.29, 1.82) is 0 Å². The van der Waals surface area contributed by atoms with Crippen molar-refractivity contribution in [2.75, 3.05) is 13.1 Å².